The van der Waals surface area contributed by atoms with E-state index < -0.39 is 17.2 Å². The van der Waals surface area contributed by atoms with E-state index >= 15 is 0 Å². The maximum absolute atomic E-state index is 12.4. The van der Waals surface area contributed by atoms with E-state index in [-0.39, 0.29) is 5.97 Å². The van der Waals surface area contributed by atoms with Gasteiger partial charge in [0.15, 0.2) is 0 Å². The zero-order valence-corrected chi connectivity index (χ0v) is 14.1. The maximum atomic E-state index is 12.4. The fraction of sp³-hybridized carbons (Fsp3) is 0.867. The summed E-state index contributed by atoms with van der Waals surface area (Å²) < 4.78 is 10.6. The van der Waals surface area contributed by atoms with E-state index in [1.807, 2.05) is 39.8 Å². The minimum absolute atomic E-state index is 0.316. The summed E-state index contributed by atoms with van der Waals surface area (Å²) in [5, 5.41) is 0. The van der Waals surface area contributed by atoms with Gasteiger partial charge in [0, 0.05) is 13.1 Å². The fourth-order valence-electron chi connectivity index (χ4n) is 2.07. The first-order chi connectivity index (χ1) is 9.62. The maximum Gasteiger partial charge on any atom is 0.411 e. The molecule has 6 heteroatoms. The van der Waals surface area contributed by atoms with Crippen molar-refractivity contribution in [2.45, 2.75) is 51.7 Å². The van der Waals surface area contributed by atoms with Gasteiger partial charge in [-0.05, 0) is 54.6 Å². The molecule has 0 aromatic rings. The highest BCUT2D eigenvalue weighted by atomic mass is 16.6. The molecule has 0 N–H and O–H groups in total. The molecule has 1 fully saturated rings. The minimum atomic E-state index is -0.825. The number of likely N-dealkylation sites (N-methyl/N-ethyl adjacent to an activating group) is 1. The van der Waals surface area contributed by atoms with E-state index in [2.05, 4.69) is 0 Å². The van der Waals surface area contributed by atoms with Gasteiger partial charge in [-0.25, -0.2) is 9.59 Å². The standard InChI is InChI=1S/C15H28N2O4/c1-7-20-12(18)15(8-9-15)17(11-10-16(5)6)13(19)21-14(2,3)4/h7-11H2,1-6H3. The molecule has 1 rings (SSSR count). The van der Waals surface area contributed by atoms with Crippen LogP contribution in [0.4, 0.5) is 4.79 Å². The predicted octanol–water partition coefficient (Wildman–Crippen LogP) is 1.88. The van der Waals surface area contributed by atoms with Crippen molar-refractivity contribution in [2.75, 3.05) is 33.8 Å². The fourth-order valence-corrected chi connectivity index (χ4v) is 2.07. The van der Waals surface area contributed by atoms with Crippen LogP contribution in [0.3, 0.4) is 0 Å². The lowest BCUT2D eigenvalue weighted by atomic mass is 10.2. The van der Waals surface area contributed by atoms with Crippen molar-refractivity contribution in [3.8, 4) is 0 Å². The molecule has 0 aliphatic heterocycles. The average molecular weight is 300 g/mol. The molecule has 6 nitrogen and oxygen atoms in total. The zero-order chi connectivity index (χ0) is 16.3. The van der Waals surface area contributed by atoms with Crippen LogP contribution in [0.15, 0.2) is 0 Å². The third kappa shape index (κ3) is 4.88. The van der Waals surface area contributed by atoms with Crippen LogP contribution in [0.1, 0.15) is 40.5 Å². The van der Waals surface area contributed by atoms with Gasteiger partial charge in [0.1, 0.15) is 11.1 Å². The second-order valence-corrected chi connectivity index (χ2v) is 6.69. The molecule has 0 aromatic carbocycles. The van der Waals surface area contributed by atoms with Crippen LogP contribution in [-0.4, -0.2) is 66.8 Å². The lowest BCUT2D eigenvalue weighted by Gasteiger charge is -2.33. The Labute approximate surface area is 127 Å². The largest absolute Gasteiger partial charge is 0.464 e. The summed E-state index contributed by atoms with van der Waals surface area (Å²) in [6.07, 6.45) is 0.826. The van der Waals surface area contributed by atoms with Crippen LogP contribution >= 0.6 is 0 Å². The molecular formula is C15H28N2O4. The van der Waals surface area contributed by atoms with Gasteiger partial charge in [0.2, 0.25) is 0 Å². The summed E-state index contributed by atoms with van der Waals surface area (Å²) in [5.74, 6) is -0.324. The molecule has 0 aromatic heterocycles. The number of ether oxygens (including phenoxy) is 2. The van der Waals surface area contributed by atoms with Crippen molar-refractivity contribution in [3.05, 3.63) is 0 Å². The van der Waals surface area contributed by atoms with Crippen molar-refractivity contribution < 1.29 is 19.1 Å². The first-order valence-corrected chi connectivity index (χ1v) is 7.45. The lowest BCUT2D eigenvalue weighted by molar-refractivity contribution is -0.151. The van der Waals surface area contributed by atoms with E-state index in [4.69, 9.17) is 9.47 Å². The highest BCUT2D eigenvalue weighted by Gasteiger charge is 2.58. The number of hydrogen-bond donors (Lipinski definition) is 0. The van der Waals surface area contributed by atoms with E-state index in [0.717, 1.165) is 0 Å². The molecule has 1 amide bonds. The van der Waals surface area contributed by atoms with Gasteiger partial charge >= 0.3 is 12.1 Å². The Balaban J connectivity index is 2.87. The Kier molecular flexibility index (Phi) is 5.61. The number of amides is 1. The van der Waals surface area contributed by atoms with E-state index in [1.165, 1.54) is 4.90 Å². The van der Waals surface area contributed by atoms with Gasteiger partial charge in [0.25, 0.3) is 0 Å². The predicted molar refractivity (Wildman–Crippen MR) is 80.1 cm³/mol. The molecule has 0 unspecified atom stereocenters. The molecule has 0 heterocycles. The van der Waals surface area contributed by atoms with Gasteiger partial charge in [0.05, 0.1) is 6.61 Å². The van der Waals surface area contributed by atoms with Crippen LogP contribution in [0.25, 0.3) is 0 Å². The Morgan fingerprint density at radius 1 is 1.14 bits per heavy atom. The third-order valence-corrected chi connectivity index (χ3v) is 3.28. The summed E-state index contributed by atoms with van der Waals surface area (Å²) in [6.45, 7) is 8.65. The minimum Gasteiger partial charge on any atom is -0.464 e. The molecule has 0 bridgehead atoms. The number of rotatable bonds is 6. The molecule has 1 saturated carbocycles. The highest BCUT2D eigenvalue weighted by molar-refractivity contribution is 5.89. The van der Waals surface area contributed by atoms with Gasteiger partial charge in [-0.2, -0.15) is 0 Å². The van der Waals surface area contributed by atoms with E-state index in [9.17, 15) is 9.59 Å². The van der Waals surface area contributed by atoms with Gasteiger partial charge < -0.3 is 14.4 Å². The Hall–Kier alpha value is -1.30. The summed E-state index contributed by atoms with van der Waals surface area (Å²) in [7, 11) is 3.86. The van der Waals surface area contributed by atoms with Crippen molar-refractivity contribution in [1.29, 1.82) is 0 Å². The van der Waals surface area contributed by atoms with Gasteiger partial charge in [-0.1, -0.05) is 0 Å². The molecule has 0 saturated heterocycles. The number of hydrogen-bond acceptors (Lipinski definition) is 5. The van der Waals surface area contributed by atoms with E-state index in [0.29, 0.717) is 32.5 Å². The van der Waals surface area contributed by atoms with Crippen molar-refractivity contribution >= 4 is 12.1 Å². The SMILES string of the molecule is CCOC(=O)C1(N(CCN(C)C)C(=O)OC(C)(C)C)CC1. The smallest absolute Gasteiger partial charge is 0.411 e. The molecule has 1 aliphatic carbocycles. The monoisotopic (exact) mass is 300 g/mol. The molecule has 0 spiro atoms. The number of esters is 1. The van der Waals surface area contributed by atoms with Crippen molar-refractivity contribution in [1.82, 2.24) is 9.80 Å². The molecule has 122 valence electrons. The molecule has 1 aliphatic rings. The van der Waals surface area contributed by atoms with E-state index in [1.54, 1.807) is 6.92 Å². The summed E-state index contributed by atoms with van der Waals surface area (Å²) in [6, 6.07) is 0. The van der Waals surface area contributed by atoms with Crippen LogP contribution in [0, 0.1) is 0 Å². The number of carbonyl (C=O) groups excluding carboxylic acids is 2. The topological polar surface area (TPSA) is 59.1 Å². The summed E-state index contributed by atoms with van der Waals surface area (Å²) >= 11 is 0. The van der Waals surface area contributed by atoms with Crippen LogP contribution in [-0.2, 0) is 14.3 Å². The second-order valence-electron chi connectivity index (χ2n) is 6.69. The zero-order valence-electron chi connectivity index (χ0n) is 14.1. The Bertz CT molecular complexity index is 384. The van der Waals surface area contributed by atoms with Crippen LogP contribution < -0.4 is 0 Å². The van der Waals surface area contributed by atoms with Crippen molar-refractivity contribution in [2.24, 2.45) is 0 Å². The number of nitrogens with zero attached hydrogens (tertiary/aromatic N) is 2. The first-order valence-electron chi connectivity index (χ1n) is 7.45. The molecular weight excluding hydrogens is 272 g/mol. The molecule has 21 heavy (non-hydrogen) atoms. The summed E-state index contributed by atoms with van der Waals surface area (Å²) in [4.78, 5) is 28.2. The quantitative estimate of drug-likeness (QED) is 0.701. The third-order valence-electron chi connectivity index (χ3n) is 3.28. The normalized spacial score (nSPS) is 16.5. The second kappa shape index (κ2) is 6.64. The van der Waals surface area contributed by atoms with Gasteiger partial charge in [-0.3, -0.25) is 4.90 Å². The van der Waals surface area contributed by atoms with Crippen LogP contribution in [0.5, 0.6) is 0 Å². The first kappa shape index (κ1) is 17.8. The number of carbonyl (C=O) groups is 2. The highest BCUT2D eigenvalue weighted by Crippen LogP contribution is 2.43. The molecule has 0 radical (unpaired) electrons. The Morgan fingerprint density at radius 3 is 2.10 bits per heavy atom. The Morgan fingerprint density at radius 2 is 1.71 bits per heavy atom. The van der Waals surface area contributed by atoms with Crippen molar-refractivity contribution in [3.63, 3.8) is 0 Å². The van der Waals surface area contributed by atoms with Gasteiger partial charge in [-0.15, -0.1) is 0 Å². The van der Waals surface area contributed by atoms with Crippen LogP contribution in [0.2, 0.25) is 0 Å². The molecule has 0 atom stereocenters. The lowest BCUT2D eigenvalue weighted by Crippen LogP contribution is -2.51. The average Bonchev–Trinajstić information content (AvgIpc) is 3.08. The summed E-state index contributed by atoms with van der Waals surface area (Å²) in [5.41, 5.74) is -1.41.